The van der Waals surface area contributed by atoms with Crippen molar-refractivity contribution in [3.8, 4) is 28.5 Å². The summed E-state index contributed by atoms with van der Waals surface area (Å²) in [6.45, 7) is 1.89. The van der Waals surface area contributed by atoms with E-state index in [2.05, 4.69) is 26.2 Å². The summed E-state index contributed by atoms with van der Waals surface area (Å²) < 4.78 is 3.48. The van der Waals surface area contributed by atoms with Gasteiger partial charge in [-0.2, -0.15) is 15.5 Å². The van der Waals surface area contributed by atoms with E-state index in [1.165, 1.54) is 0 Å². The molecule has 1 saturated heterocycles. The van der Waals surface area contributed by atoms with Crippen LogP contribution in [0.25, 0.3) is 27.9 Å². The third-order valence-electron chi connectivity index (χ3n) is 6.27. The first-order valence-electron chi connectivity index (χ1n) is 9.86. The molecule has 148 valence electrons. The van der Waals surface area contributed by atoms with Crippen LogP contribution in [0.2, 0.25) is 0 Å². The second kappa shape index (κ2) is 6.11. The Morgan fingerprint density at radius 2 is 1.87 bits per heavy atom. The average molecular weight is 397 g/mol. The number of anilines is 1. The van der Waals surface area contributed by atoms with Crippen molar-refractivity contribution in [1.29, 1.82) is 5.26 Å². The smallest absolute Gasteiger partial charge is 0.147 e. The minimum atomic E-state index is 0.350. The second-order valence-corrected chi connectivity index (χ2v) is 8.08. The SMILES string of the molecule is Cn1cc(-c2cc(-c3cnc(N4C[C@@H]5[C@@H](N)[C@@H]5C4)cn3)c3c(C#N)cnn3c2)cn1. The van der Waals surface area contributed by atoms with Crippen molar-refractivity contribution in [3.05, 3.63) is 48.8 Å². The maximum atomic E-state index is 9.55. The van der Waals surface area contributed by atoms with Crippen LogP contribution < -0.4 is 10.6 Å². The van der Waals surface area contributed by atoms with Crippen LogP contribution in [0.15, 0.2) is 43.2 Å². The van der Waals surface area contributed by atoms with Gasteiger partial charge >= 0.3 is 0 Å². The highest BCUT2D eigenvalue weighted by Gasteiger charge is 2.53. The molecule has 0 aromatic carbocycles. The van der Waals surface area contributed by atoms with Crippen molar-refractivity contribution < 1.29 is 0 Å². The number of pyridine rings is 1. The molecular formula is C21H19N9. The van der Waals surface area contributed by atoms with Gasteiger partial charge in [0.15, 0.2) is 0 Å². The first-order valence-corrected chi connectivity index (χ1v) is 9.86. The molecule has 0 unspecified atom stereocenters. The largest absolute Gasteiger partial charge is 0.355 e. The number of nitrogens with two attached hydrogens (primary N) is 1. The Hall–Kier alpha value is -3.77. The van der Waals surface area contributed by atoms with Crippen molar-refractivity contribution in [2.24, 2.45) is 24.6 Å². The molecule has 4 aromatic heterocycles. The monoisotopic (exact) mass is 397 g/mol. The van der Waals surface area contributed by atoms with Gasteiger partial charge in [-0.25, -0.2) is 9.50 Å². The van der Waals surface area contributed by atoms with E-state index in [-0.39, 0.29) is 0 Å². The van der Waals surface area contributed by atoms with Gasteiger partial charge in [-0.3, -0.25) is 9.67 Å². The number of aromatic nitrogens is 6. The molecule has 9 nitrogen and oxygen atoms in total. The zero-order valence-corrected chi connectivity index (χ0v) is 16.3. The molecule has 6 rings (SSSR count). The molecule has 0 radical (unpaired) electrons. The molecule has 3 atom stereocenters. The minimum absolute atomic E-state index is 0.350. The lowest BCUT2D eigenvalue weighted by atomic mass is 10.0. The zero-order valence-electron chi connectivity index (χ0n) is 16.3. The summed E-state index contributed by atoms with van der Waals surface area (Å²) in [5.41, 5.74) is 10.7. The molecule has 1 aliphatic heterocycles. The Kier molecular flexibility index (Phi) is 3.49. The van der Waals surface area contributed by atoms with Gasteiger partial charge in [-0.05, 0) is 17.9 Å². The lowest BCUT2D eigenvalue weighted by Gasteiger charge is -2.19. The van der Waals surface area contributed by atoms with Gasteiger partial charge in [0, 0.05) is 55.3 Å². The van der Waals surface area contributed by atoms with Gasteiger partial charge in [0.1, 0.15) is 11.9 Å². The molecule has 2 N–H and O–H groups in total. The number of hydrogen-bond donors (Lipinski definition) is 1. The highest BCUT2D eigenvalue weighted by Crippen LogP contribution is 2.44. The van der Waals surface area contributed by atoms with Crippen LogP contribution >= 0.6 is 0 Å². The van der Waals surface area contributed by atoms with E-state index in [0.717, 1.165) is 41.1 Å². The van der Waals surface area contributed by atoms with Crippen LogP contribution in [-0.2, 0) is 7.05 Å². The van der Waals surface area contributed by atoms with Gasteiger partial charge in [-0.15, -0.1) is 0 Å². The van der Waals surface area contributed by atoms with E-state index in [9.17, 15) is 5.26 Å². The van der Waals surface area contributed by atoms with Crippen molar-refractivity contribution >= 4 is 11.3 Å². The molecule has 1 saturated carbocycles. The normalized spacial score (nSPS) is 22.3. The maximum Gasteiger partial charge on any atom is 0.147 e. The quantitative estimate of drug-likeness (QED) is 0.556. The Labute approximate surface area is 172 Å². The Morgan fingerprint density at radius 3 is 2.53 bits per heavy atom. The van der Waals surface area contributed by atoms with Crippen LogP contribution in [0.5, 0.6) is 0 Å². The van der Waals surface area contributed by atoms with E-state index in [4.69, 9.17) is 10.7 Å². The molecule has 2 aliphatic rings. The molecule has 5 heterocycles. The molecule has 1 aliphatic carbocycles. The van der Waals surface area contributed by atoms with Gasteiger partial charge in [0.2, 0.25) is 0 Å². The Balaban J connectivity index is 1.43. The molecule has 4 aromatic rings. The van der Waals surface area contributed by atoms with Crippen LogP contribution in [0, 0.1) is 23.2 Å². The summed E-state index contributed by atoms with van der Waals surface area (Å²) in [4.78, 5) is 11.6. The van der Waals surface area contributed by atoms with E-state index >= 15 is 0 Å². The van der Waals surface area contributed by atoms with Crippen molar-refractivity contribution in [1.82, 2.24) is 29.4 Å². The number of aryl methyl sites for hydroxylation is 1. The number of rotatable bonds is 3. The number of nitriles is 1. The topological polar surface area (TPSA) is 114 Å². The molecule has 9 heteroatoms. The first-order chi connectivity index (χ1) is 14.6. The fourth-order valence-corrected chi connectivity index (χ4v) is 4.51. The zero-order chi connectivity index (χ0) is 20.4. The van der Waals surface area contributed by atoms with Crippen LogP contribution in [-0.4, -0.2) is 48.5 Å². The molecule has 0 amide bonds. The summed E-state index contributed by atoms with van der Waals surface area (Å²) in [6, 6.07) is 4.59. The van der Waals surface area contributed by atoms with Gasteiger partial charge in [0.25, 0.3) is 0 Å². The number of hydrogen-bond acceptors (Lipinski definition) is 7. The molecular weight excluding hydrogens is 378 g/mol. The number of nitrogens with zero attached hydrogens (tertiary/aromatic N) is 8. The van der Waals surface area contributed by atoms with Gasteiger partial charge in [-0.1, -0.05) is 0 Å². The maximum absolute atomic E-state index is 9.55. The summed E-state index contributed by atoms with van der Waals surface area (Å²) in [5.74, 6) is 2.05. The number of piperidine rings is 1. The second-order valence-electron chi connectivity index (χ2n) is 8.08. The summed E-state index contributed by atoms with van der Waals surface area (Å²) in [5, 5.41) is 18.2. The summed E-state index contributed by atoms with van der Waals surface area (Å²) in [7, 11) is 1.88. The lowest BCUT2D eigenvalue weighted by Crippen LogP contribution is -2.28. The predicted molar refractivity (Wildman–Crippen MR) is 110 cm³/mol. The summed E-state index contributed by atoms with van der Waals surface area (Å²) in [6.07, 6.45) is 10.8. The van der Waals surface area contributed by atoms with Crippen LogP contribution in [0.1, 0.15) is 5.56 Å². The van der Waals surface area contributed by atoms with Crippen molar-refractivity contribution in [2.45, 2.75) is 6.04 Å². The summed E-state index contributed by atoms with van der Waals surface area (Å²) >= 11 is 0. The highest BCUT2D eigenvalue weighted by atomic mass is 15.3. The fourth-order valence-electron chi connectivity index (χ4n) is 4.51. The standard InChI is InChI=1S/C21H19N9/c1-28-8-14(5-26-28)12-2-15(21-13(3-22)4-27-30(21)9-12)18-6-25-19(7-24-18)29-10-16-17(11-29)20(16)23/h2,4-9,16-17,20H,10-11,23H2,1H3/t16-,17+,20+. The van der Waals surface area contributed by atoms with Crippen LogP contribution in [0.4, 0.5) is 5.82 Å². The highest BCUT2D eigenvalue weighted by molar-refractivity contribution is 5.86. The predicted octanol–water partition coefficient (Wildman–Crippen LogP) is 1.46. The van der Waals surface area contributed by atoms with E-state index in [1.54, 1.807) is 34.0 Å². The molecule has 0 spiro atoms. The molecule has 2 fully saturated rings. The van der Waals surface area contributed by atoms with Crippen molar-refractivity contribution in [3.63, 3.8) is 0 Å². The first kappa shape index (κ1) is 17.1. The Morgan fingerprint density at radius 1 is 1.03 bits per heavy atom. The molecule has 0 bridgehead atoms. The fraction of sp³-hybridized carbons (Fsp3) is 0.286. The number of fused-ring (bicyclic) bond motifs is 2. The van der Waals surface area contributed by atoms with E-state index in [1.807, 2.05) is 25.5 Å². The minimum Gasteiger partial charge on any atom is -0.355 e. The van der Waals surface area contributed by atoms with Crippen molar-refractivity contribution in [2.75, 3.05) is 18.0 Å². The van der Waals surface area contributed by atoms with E-state index in [0.29, 0.717) is 29.1 Å². The third-order valence-corrected chi connectivity index (χ3v) is 6.27. The van der Waals surface area contributed by atoms with Gasteiger partial charge in [0.05, 0.1) is 41.6 Å². The Bertz CT molecular complexity index is 1300. The third kappa shape index (κ3) is 2.51. The lowest BCUT2D eigenvalue weighted by molar-refractivity contribution is 0.734. The van der Waals surface area contributed by atoms with E-state index < -0.39 is 0 Å². The van der Waals surface area contributed by atoms with Crippen LogP contribution in [0.3, 0.4) is 0 Å². The van der Waals surface area contributed by atoms with Gasteiger partial charge < -0.3 is 10.6 Å². The average Bonchev–Trinajstić information content (AvgIpc) is 3.26. The molecule has 30 heavy (non-hydrogen) atoms.